The summed E-state index contributed by atoms with van der Waals surface area (Å²) < 4.78 is 0. The lowest BCUT2D eigenvalue weighted by molar-refractivity contribution is -0.135. The molecule has 2 saturated heterocycles. The van der Waals surface area contributed by atoms with Crippen LogP contribution in [0.15, 0.2) is 94.7 Å². The molecular weight excluding hydrogens is 779 g/mol. The molecule has 10 nitrogen and oxygen atoms in total. The number of benzene rings is 4. The van der Waals surface area contributed by atoms with Crippen LogP contribution in [0.3, 0.4) is 0 Å². The minimum atomic E-state index is -0.198. The Balaban J connectivity index is 1.36. The number of hydrogen-bond donors (Lipinski definition) is 0. The number of carbonyl (C=O) groups excluding carboxylic acids is 4. The predicted molar refractivity (Wildman–Crippen MR) is 223 cm³/mol. The summed E-state index contributed by atoms with van der Waals surface area (Å²) >= 11 is 15.8. The van der Waals surface area contributed by atoms with Crippen molar-refractivity contribution < 1.29 is 19.2 Å². The number of carbonyl (C=O) groups is 4. The van der Waals surface area contributed by atoms with Gasteiger partial charge >= 0.3 is 0 Å². The van der Waals surface area contributed by atoms with Gasteiger partial charge in [-0.25, -0.2) is 0 Å². The highest BCUT2D eigenvalue weighted by atomic mass is 35.5. The molecule has 0 saturated carbocycles. The Bertz CT molecular complexity index is 2220. The van der Waals surface area contributed by atoms with E-state index in [-0.39, 0.29) is 23.6 Å². The Kier molecular flexibility index (Phi) is 13.2. The second-order valence-corrected chi connectivity index (χ2v) is 15.3. The monoisotopic (exact) mass is 816 g/mol. The fourth-order valence-corrected chi connectivity index (χ4v) is 8.53. The van der Waals surface area contributed by atoms with Gasteiger partial charge in [0.25, 0.3) is 0 Å². The molecule has 0 spiro atoms. The zero-order valence-electron chi connectivity index (χ0n) is 31.4. The van der Waals surface area contributed by atoms with Crippen LogP contribution in [0, 0.1) is 22.7 Å². The summed E-state index contributed by atoms with van der Waals surface area (Å²) in [5.41, 5.74) is 4.39. The summed E-state index contributed by atoms with van der Waals surface area (Å²) in [4.78, 5) is 58.1. The topological polar surface area (TPSA) is 129 Å². The summed E-state index contributed by atoms with van der Waals surface area (Å²) in [6, 6.07) is 26.1. The van der Waals surface area contributed by atoms with Crippen molar-refractivity contribution in [1.82, 2.24) is 19.6 Å². The molecule has 4 aromatic carbocycles. The summed E-state index contributed by atoms with van der Waals surface area (Å²) in [5.74, 6) is -0.438. The molecule has 57 heavy (non-hydrogen) atoms. The van der Waals surface area contributed by atoms with E-state index in [4.69, 9.17) is 23.2 Å². The Hall–Kier alpha value is -5.85. The third kappa shape index (κ3) is 9.24. The van der Waals surface area contributed by atoms with Gasteiger partial charge in [0.2, 0.25) is 23.6 Å². The molecule has 0 aliphatic carbocycles. The highest BCUT2D eigenvalue weighted by Gasteiger charge is 2.24. The second kappa shape index (κ2) is 18.4. The highest BCUT2D eigenvalue weighted by Crippen LogP contribution is 2.47. The van der Waals surface area contributed by atoms with Crippen molar-refractivity contribution in [2.45, 2.75) is 23.6 Å². The standard InChI is InChI=1S/C44H38Cl2N6O4S/c1-29(53)49-19-23-51(24-20-49)39(55)17-13-31-11-15-37(43(45)41(31)35-9-5-3-7-33(35)27-47)57-38-16-12-32(42(44(38)46)36-10-6-4-8-34(36)28-48)14-18-40(56)52-25-21-50(22-26-52)30(2)54/h3-18H,19-26H2,1-2H3. The second-order valence-electron chi connectivity index (χ2n) is 13.4. The van der Waals surface area contributed by atoms with Crippen LogP contribution >= 0.6 is 35.0 Å². The predicted octanol–water partition coefficient (Wildman–Crippen LogP) is 7.63. The molecule has 0 unspecified atom stereocenters. The minimum absolute atomic E-state index is 0.0203. The lowest BCUT2D eigenvalue weighted by atomic mass is 9.95. The van der Waals surface area contributed by atoms with Gasteiger partial charge in [-0.2, -0.15) is 10.5 Å². The SMILES string of the molecule is CC(=O)N1CCN(C(=O)C=Cc2ccc(Sc3ccc(C=CC(=O)N4CCN(C(C)=O)CC4)c(-c4ccccc4C#N)c3Cl)c(Cl)c2-c2ccccc2C#N)CC1. The largest absolute Gasteiger partial charge is 0.339 e. The van der Waals surface area contributed by atoms with Crippen LogP contribution in [0.4, 0.5) is 0 Å². The van der Waals surface area contributed by atoms with Gasteiger partial charge in [0.1, 0.15) is 0 Å². The zero-order chi connectivity index (χ0) is 40.6. The molecule has 6 rings (SSSR count). The van der Waals surface area contributed by atoms with Crippen LogP contribution in [0.25, 0.3) is 34.4 Å². The lowest BCUT2D eigenvalue weighted by Gasteiger charge is -2.33. The zero-order valence-corrected chi connectivity index (χ0v) is 33.7. The third-order valence-electron chi connectivity index (χ3n) is 10.0. The van der Waals surface area contributed by atoms with E-state index in [1.165, 1.54) is 37.8 Å². The Labute approximate surface area is 346 Å². The van der Waals surface area contributed by atoms with Gasteiger partial charge in [-0.3, -0.25) is 19.2 Å². The molecule has 0 N–H and O–H groups in total. The van der Waals surface area contributed by atoms with Crippen molar-refractivity contribution in [2.75, 3.05) is 52.4 Å². The van der Waals surface area contributed by atoms with Gasteiger partial charge < -0.3 is 19.6 Å². The van der Waals surface area contributed by atoms with Crippen LogP contribution in [-0.4, -0.2) is 95.6 Å². The van der Waals surface area contributed by atoms with Crippen molar-refractivity contribution in [3.63, 3.8) is 0 Å². The molecule has 0 bridgehead atoms. The summed E-state index contributed by atoms with van der Waals surface area (Å²) in [6.07, 6.45) is 6.36. The van der Waals surface area contributed by atoms with E-state index in [2.05, 4.69) is 12.1 Å². The Morgan fingerprint density at radius 3 is 1.26 bits per heavy atom. The minimum Gasteiger partial charge on any atom is -0.339 e. The first-order chi connectivity index (χ1) is 27.5. The van der Waals surface area contributed by atoms with E-state index < -0.39 is 0 Å². The van der Waals surface area contributed by atoms with E-state index in [0.29, 0.717) is 117 Å². The molecule has 0 atom stereocenters. The van der Waals surface area contributed by atoms with Crippen molar-refractivity contribution in [3.8, 4) is 34.4 Å². The first kappa shape index (κ1) is 40.8. The number of halogens is 2. The van der Waals surface area contributed by atoms with Crippen LogP contribution in [-0.2, 0) is 19.2 Å². The first-order valence-electron chi connectivity index (χ1n) is 18.3. The number of hydrogen-bond acceptors (Lipinski definition) is 7. The van der Waals surface area contributed by atoms with Crippen molar-refractivity contribution in [2.24, 2.45) is 0 Å². The van der Waals surface area contributed by atoms with E-state index in [9.17, 15) is 29.7 Å². The van der Waals surface area contributed by atoms with E-state index in [0.717, 1.165) is 0 Å². The molecule has 0 aromatic heterocycles. The fourth-order valence-electron chi connectivity index (χ4n) is 6.86. The van der Waals surface area contributed by atoms with E-state index in [1.807, 2.05) is 48.5 Å². The molecule has 2 fully saturated rings. The summed E-state index contributed by atoms with van der Waals surface area (Å²) in [5, 5.41) is 20.8. The third-order valence-corrected chi connectivity index (χ3v) is 12.1. The Morgan fingerprint density at radius 1 is 0.561 bits per heavy atom. The van der Waals surface area contributed by atoms with Gasteiger partial charge in [-0.1, -0.05) is 83.5 Å². The molecule has 2 heterocycles. The number of nitrogens with zero attached hydrogens (tertiary/aromatic N) is 6. The van der Waals surface area contributed by atoms with E-state index in [1.54, 1.807) is 56.0 Å². The normalized spacial score (nSPS) is 14.5. The van der Waals surface area contributed by atoms with Crippen molar-refractivity contribution in [1.29, 1.82) is 10.5 Å². The van der Waals surface area contributed by atoms with Gasteiger partial charge in [0.05, 0.1) is 33.3 Å². The molecule has 2 aliphatic heterocycles. The average molecular weight is 818 g/mol. The molecule has 288 valence electrons. The molecule has 4 amide bonds. The van der Waals surface area contributed by atoms with Crippen LogP contribution in [0.1, 0.15) is 36.1 Å². The number of rotatable bonds is 8. The van der Waals surface area contributed by atoms with Crippen LogP contribution < -0.4 is 0 Å². The average Bonchev–Trinajstić information content (AvgIpc) is 3.23. The maximum atomic E-state index is 13.2. The van der Waals surface area contributed by atoms with Gasteiger partial charge in [-0.15, -0.1) is 0 Å². The van der Waals surface area contributed by atoms with Crippen molar-refractivity contribution >= 4 is 70.7 Å². The maximum Gasteiger partial charge on any atom is 0.246 e. The molecule has 0 radical (unpaired) electrons. The Morgan fingerprint density at radius 2 is 0.912 bits per heavy atom. The highest BCUT2D eigenvalue weighted by molar-refractivity contribution is 7.99. The number of amides is 4. The molecule has 2 aliphatic rings. The van der Waals surface area contributed by atoms with Gasteiger partial charge in [-0.05, 0) is 47.5 Å². The number of nitriles is 2. The number of piperazine rings is 2. The van der Waals surface area contributed by atoms with Crippen LogP contribution in [0.2, 0.25) is 10.0 Å². The molecule has 4 aromatic rings. The maximum absolute atomic E-state index is 13.2. The fraction of sp³-hybridized carbons (Fsp3) is 0.227. The van der Waals surface area contributed by atoms with Crippen LogP contribution in [0.5, 0.6) is 0 Å². The smallest absolute Gasteiger partial charge is 0.246 e. The van der Waals surface area contributed by atoms with Gasteiger partial charge in [0, 0.05) is 110 Å². The van der Waals surface area contributed by atoms with Gasteiger partial charge in [0.15, 0.2) is 0 Å². The first-order valence-corrected chi connectivity index (χ1v) is 19.8. The quantitative estimate of drug-likeness (QED) is 0.167. The lowest BCUT2D eigenvalue weighted by Crippen LogP contribution is -2.49. The molecular formula is C44H38Cl2N6O4S. The van der Waals surface area contributed by atoms with E-state index >= 15 is 0 Å². The molecule has 13 heteroatoms. The summed E-state index contributed by atoms with van der Waals surface area (Å²) in [7, 11) is 0. The van der Waals surface area contributed by atoms with Crippen molar-refractivity contribution in [3.05, 3.63) is 117 Å². The summed E-state index contributed by atoms with van der Waals surface area (Å²) in [6.45, 7) is 6.61.